The van der Waals surface area contributed by atoms with Crippen LogP contribution >= 0.6 is 35.0 Å². The summed E-state index contributed by atoms with van der Waals surface area (Å²) in [6, 6.07) is 7.20. The Kier molecular flexibility index (Phi) is 10.6. The zero-order valence-corrected chi connectivity index (χ0v) is 22.7. The van der Waals surface area contributed by atoms with Gasteiger partial charge in [-0.2, -0.15) is 0 Å². The van der Waals surface area contributed by atoms with E-state index in [2.05, 4.69) is 10.6 Å². The van der Waals surface area contributed by atoms with Gasteiger partial charge >= 0.3 is 5.97 Å². The molecule has 1 aliphatic rings. The smallest absolute Gasteiger partial charge is 0.328 e. The first-order valence-corrected chi connectivity index (χ1v) is 13.6. The van der Waals surface area contributed by atoms with Crippen LogP contribution in [0.2, 0.25) is 10.0 Å². The molecule has 0 aromatic heterocycles. The third-order valence-corrected chi connectivity index (χ3v) is 7.84. The average Bonchev–Trinajstić information content (AvgIpc) is 2.91. The Morgan fingerprint density at radius 3 is 2.50 bits per heavy atom. The zero-order chi connectivity index (χ0) is 27.8. The van der Waals surface area contributed by atoms with Crippen LogP contribution in [-0.4, -0.2) is 65.6 Å². The fourth-order valence-electron chi connectivity index (χ4n) is 3.88. The summed E-state index contributed by atoms with van der Waals surface area (Å²) in [6.45, 7) is 0.257. The summed E-state index contributed by atoms with van der Waals surface area (Å²) in [5.41, 5.74) is 0.648. The highest BCUT2D eigenvalue weighted by Crippen LogP contribution is 2.35. The maximum absolute atomic E-state index is 13.3. The Balaban J connectivity index is 1.50. The van der Waals surface area contributed by atoms with Gasteiger partial charge in [-0.15, -0.1) is 11.8 Å². The van der Waals surface area contributed by atoms with Crippen LogP contribution in [-0.2, 0) is 14.4 Å². The standard InChI is InChI=1S/C26H26Cl2FN3O5S/c1-38-20-7-5-15(22(27)23(20)28)6-8-21(33)32-11-9-16(10-12-32)25(35)31-19(26(36)37)14-30-24(34)17-3-2-4-18(29)13-17/h2-8,13,16,19H,9-12,14H2,1H3,(H,30,34)(H,31,35)(H,36,37)/t19-/m0/s1. The molecule has 1 heterocycles. The Bertz CT molecular complexity index is 1250. The number of aliphatic carboxylic acids is 1. The Morgan fingerprint density at radius 2 is 1.87 bits per heavy atom. The van der Waals surface area contributed by atoms with E-state index in [-0.39, 0.29) is 18.0 Å². The predicted octanol–water partition coefficient (Wildman–Crippen LogP) is 4.11. The summed E-state index contributed by atoms with van der Waals surface area (Å²) in [5, 5.41) is 15.1. The van der Waals surface area contributed by atoms with Crippen LogP contribution in [0.25, 0.3) is 6.08 Å². The second-order valence-corrected chi connectivity index (χ2v) is 10.1. The van der Waals surface area contributed by atoms with Gasteiger partial charge in [0.25, 0.3) is 5.91 Å². The molecule has 1 atom stereocenters. The van der Waals surface area contributed by atoms with Crippen LogP contribution in [0.1, 0.15) is 28.8 Å². The van der Waals surface area contributed by atoms with Gasteiger partial charge < -0.3 is 20.6 Å². The number of rotatable bonds is 9. The molecule has 0 bridgehead atoms. The van der Waals surface area contributed by atoms with Crippen LogP contribution in [0, 0.1) is 11.7 Å². The molecule has 2 aromatic carbocycles. The second kappa shape index (κ2) is 13.6. The number of likely N-dealkylation sites (tertiary alicyclic amines) is 1. The van der Waals surface area contributed by atoms with Crippen LogP contribution in [0.4, 0.5) is 4.39 Å². The number of halogens is 3. The first kappa shape index (κ1) is 29.5. The van der Waals surface area contributed by atoms with Crippen molar-refractivity contribution in [2.75, 3.05) is 25.9 Å². The lowest BCUT2D eigenvalue weighted by Crippen LogP contribution is -2.51. The summed E-state index contributed by atoms with van der Waals surface area (Å²) in [5.74, 6) is -3.78. The number of thioether (sulfide) groups is 1. The first-order valence-electron chi connectivity index (χ1n) is 11.7. The molecule has 202 valence electrons. The van der Waals surface area contributed by atoms with Crippen molar-refractivity contribution in [3.05, 3.63) is 69.5 Å². The zero-order valence-electron chi connectivity index (χ0n) is 20.4. The van der Waals surface area contributed by atoms with Gasteiger partial charge in [0, 0.05) is 42.1 Å². The fourth-order valence-corrected chi connectivity index (χ4v) is 5.05. The number of nitrogens with one attached hydrogen (secondary N) is 2. The molecule has 0 aliphatic carbocycles. The van der Waals surface area contributed by atoms with E-state index in [9.17, 15) is 28.7 Å². The van der Waals surface area contributed by atoms with Gasteiger partial charge in [-0.3, -0.25) is 14.4 Å². The molecule has 3 amide bonds. The molecule has 0 spiro atoms. The number of amides is 3. The van der Waals surface area contributed by atoms with E-state index in [0.717, 1.165) is 11.0 Å². The molecule has 38 heavy (non-hydrogen) atoms. The van der Waals surface area contributed by atoms with Gasteiger partial charge in [-0.25, -0.2) is 9.18 Å². The van der Waals surface area contributed by atoms with Gasteiger partial charge in [0.15, 0.2) is 0 Å². The van der Waals surface area contributed by atoms with Gasteiger partial charge in [-0.05, 0) is 55.0 Å². The van der Waals surface area contributed by atoms with Crippen molar-refractivity contribution < 1.29 is 28.7 Å². The largest absolute Gasteiger partial charge is 0.480 e. The minimum absolute atomic E-state index is 0.0360. The van der Waals surface area contributed by atoms with Crippen LogP contribution in [0.3, 0.4) is 0 Å². The lowest BCUT2D eigenvalue weighted by molar-refractivity contribution is -0.142. The number of benzene rings is 2. The van der Waals surface area contributed by atoms with Gasteiger partial charge in [0.05, 0.1) is 10.0 Å². The van der Waals surface area contributed by atoms with Crippen molar-refractivity contribution >= 4 is 64.7 Å². The number of carboxylic acids is 1. The highest BCUT2D eigenvalue weighted by atomic mass is 35.5. The van der Waals surface area contributed by atoms with Crippen molar-refractivity contribution in [2.24, 2.45) is 5.92 Å². The molecular formula is C26H26Cl2FN3O5S. The van der Waals surface area contributed by atoms with E-state index in [4.69, 9.17) is 23.2 Å². The van der Waals surface area contributed by atoms with Crippen molar-refractivity contribution in [1.82, 2.24) is 15.5 Å². The van der Waals surface area contributed by atoms with E-state index in [0.29, 0.717) is 41.5 Å². The molecule has 8 nitrogen and oxygen atoms in total. The number of hydrogen-bond donors (Lipinski definition) is 3. The second-order valence-electron chi connectivity index (χ2n) is 8.54. The number of carboxylic acid groups (broad SMARTS) is 1. The molecule has 3 rings (SSSR count). The lowest BCUT2D eigenvalue weighted by Gasteiger charge is -2.31. The van der Waals surface area contributed by atoms with E-state index in [1.807, 2.05) is 12.3 Å². The van der Waals surface area contributed by atoms with Crippen molar-refractivity contribution in [1.29, 1.82) is 0 Å². The average molecular weight is 582 g/mol. The summed E-state index contributed by atoms with van der Waals surface area (Å²) in [6.07, 6.45) is 5.58. The minimum atomic E-state index is -1.36. The molecule has 0 unspecified atom stereocenters. The fraction of sp³-hybridized carbons (Fsp3) is 0.308. The highest BCUT2D eigenvalue weighted by Gasteiger charge is 2.30. The minimum Gasteiger partial charge on any atom is -0.480 e. The molecule has 2 aromatic rings. The third kappa shape index (κ3) is 7.72. The molecule has 0 saturated carbocycles. The molecule has 3 N–H and O–H groups in total. The van der Waals surface area contributed by atoms with Crippen LogP contribution < -0.4 is 10.6 Å². The van der Waals surface area contributed by atoms with Crippen LogP contribution in [0.15, 0.2) is 47.4 Å². The van der Waals surface area contributed by atoms with Gasteiger partial charge in [0.1, 0.15) is 11.9 Å². The van der Waals surface area contributed by atoms with E-state index in [1.54, 1.807) is 17.0 Å². The Morgan fingerprint density at radius 1 is 1.16 bits per heavy atom. The Labute approximate surface area is 233 Å². The lowest BCUT2D eigenvalue weighted by atomic mass is 9.95. The van der Waals surface area contributed by atoms with Gasteiger partial charge in [-0.1, -0.05) is 35.3 Å². The highest BCUT2D eigenvalue weighted by molar-refractivity contribution is 7.98. The van der Waals surface area contributed by atoms with Crippen molar-refractivity contribution in [3.8, 4) is 0 Å². The first-order chi connectivity index (χ1) is 18.1. The third-order valence-electron chi connectivity index (χ3n) is 6.05. The summed E-state index contributed by atoms with van der Waals surface area (Å²) < 4.78 is 13.3. The predicted molar refractivity (Wildman–Crippen MR) is 145 cm³/mol. The van der Waals surface area contributed by atoms with E-state index < -0.39 is 35.6 Å². The van der Waals surface area contributed by atoms with E-state index >= 15 is 0 Å². The molecule has 0 radical (unpaired) electrons. The molecule has 12 heteroatoms. The molecule has 1 fully saturated rings. The summed E-state index contributed by atoms with van der Waals surface area (Å²) >= 11 is 14.0. The molecule has 1 saturated heterocycles. The Hall–Kier alpha value is -3.08. The monoisotopic (exact) mass is 581 g/mol. The van der Waals surface area contributed by atoms with Crippen molar-refractivity contribution in [3.63, 3.8) is 0 Å². The van der Waals surface area contributed by atoms with Crippen LogP contribution in [0.5, 0.6) is 0 Å². The number of carbonyl (C=O) groups is 4. The summed E-state index contributed by atoms with van der Waals surface area (Å²) in [7, 11) is 0. The maximum atomic E-state index is 13.3. The maximum Gasteiger partial charge on any atom is 0.328 e. The topological polar surface area (TPSA) is 116 Å². The van der Waals surface area contributed by atoms with Gasteiger partial charge in [0.2, 0.25) is 11.8 Å². The SMILES string of the molecule is CSc1ccc(C=CC(=O)N2CCC(C(=O)N[C@@H](CNC(=O)c3cccc(F)c3)C(=O)O)CC2)c(Cl)c1Cl. The summed E-state index contributed by atoms with van der Waals surface area (Å²) in [4.78, 5) is 51.6. The number of piperidine rings is 1. The number of carbonyl (C=O) groups excluding carboxylic acids is 3. The van der Waals surface area contributed by atoms with Crippen molar-refractivity contribution in [2.45, 2.75) is 23.8 Å². The molecular weight excluding hydrogens is 556 g/mol. The number of hydrogen-bond acceptors (Lipinski definition) is 5. The normalized spacial score (nSPS) is 14.8. The quantitative estimate of drug-likeness (QED) is 0.303. The van der Waals surface area contributed by atoms with E-state index in [1.165, 1.54) is 36.0 Å². The number of nitrogens with zero attached hydrogens (tertiary/aromatic N) is 1. The molecule has 1 aliphatic heterocycles.